The average molecular weight is 273 g/mol. The summed E-state index contributed by atoms with van der Waals surface area (Å²) < 4.78 is 0. The van der Waals surface area contributed by atoms with E-state index in [1.54, 1.807) is 0 Å². The number of hydrogen-bond acceptors (Lipinski definition) is 1. The summed E-state index contributed by atoms with van der Waals surface area (Å²) in [5.41, 5.74) is 3.72. The smallest absolute Gasteiger partial charge is 0.0458 e. The molecular formula is C20H19N. The van der Waals surface area contributed by atoms with Gasteiger partial charge in [0.05, 0.1) is 0 Å². The predicted molar refractivity (Wildman–Crippen MR) is 90.6 cm³/mol. The largest absolute Gasteiger partial charge is 0.314 e. The quantitative estimate of drug-likeness (QED) is 0.702. The number of allylic oxidation sites excluding steroid dienone is 6. The third-order valence-electron chi connectivity index (χ3n) is 3.53. The Morgan fingerprint density at radius 3 is 1.90 bits per heavy atom. The Balaban J connectivity index is 2.04. The van der Waals surface area contributed by atoms with Crippen molar-refractivity contribution in [2.75, 3.05) is 4.90 Å². The number of para-hydroxylation sites is 2. The van der Waals surface area contributed by atoms with Gasteiger partial charge >= 0.3 is 0 Å². The minimum Gasteiger partial charge on any atom is -0.314 e. The van der Waals surface area contributed by atoms with Gasteiger partial charge in [0.25, 0.3) is 0 Å². The minimum atomic E-state index is 1.03. The SMILES string of the molecule is C1=C\C=C(\N(c2ccccc2)c2ccccc2)CC\C=C/1. The van der Waals surface area contributed by atoms with Crippen molar-refractivity contribution < 1.29 is 0 Å². The van der Waals surface area contributed by atoms with Crippen LogP contribution < -0.4 is 4.90 Å². The van der Waals surface area contributed by atoms with Gasteiger partial charge in [-0.05, 0) is 43.2 Å². The summed E-state index contributed by atoms with van der Waals surface area (Å²) in [6, 6.07) is 21.1. The summed E-state index contributed by atoms with van der Waals surface area (Å²) in [7, 11) is 0. The van der Waals surface area contributed by atoms with Gasteiger partial charge in [0, 0.05) is 17.1 Å². The molecule has 104 valence electrons. The molecule has 0 unspecified atom stereocenters. The molecule has 2 aromatic carbocycles. The molecular weight excluding hydrogens is 254 g/mol. The first kappa shape index (κ1) is 13.4. The van der Waals surface area contributed by atoms with Gasteiger partial charge in [-0.3, -0.25) is 0 Å². The second-order valence-electron chi connectivity index (χ2n) is 5.02. The first-order valence-corrected chi connectivity index (χ1v) is 7.38. The minimum absolute atomic E-state index is 1.03. The van der Waals surface area contributed by atoms with Gasteiger partial charge in [-0.25, -0.2) is 0 Å². The standard InChI is InChI=1S/C20H19N/c1-2-6-12-18(13-7-3-1)21(19-14-8-4-9-15-19)20-16-10-5-11-17-20/h1-6,8-12,14-17H,7,13H2/b3-1-,6-2-,18-12+. The Labute approximate surface area is 126 Å². The summed E-state index contributed by atoms with van der Waals surface area (Å²) in [5, 5.41) is 0. The Hall–Kier alpha value is -2.54. The molecule has 21 heavy (non-hydrogen) atoms. The van der Waals surface area contributed by atoms with Crippen molar-refractivity contribution in [2.24, 2.45) is 0 Å². The fraction of sp³-hybridized carbons (Fsp3) is 0.100. The predicted octanol–water partition coefficient (Wildman–Crippen LogP) is 5.61. The molecule has 3 rings (SSSR count). The highest BCUT2D eigenvalue weighted by molar-refractivity contribution is 5.68. The Kier molecular flexibility index (Phi) is 4.33. The van der Waals surface area contributed by atoms with Crippen LogP contribution in [0.2, 0.25) is 0 Å². The number of nitrogens with zero attached hydrogens (tertiary/aromatic N) is 1. The van der Waals surface area contributed by atoms with E-state index in [0.717, 1.165) is 12.8 Å². The fourth-order valence-corrected chi connectivity index (χ4v) is 2.54. The highest BCUT2D eigenvalue weighted by atomic mass is 15.1. The van der Waals surface area contributed by atoms with Crippen LogP contribution in [-0.4, -0.2) is 0 Å². The molecule has 0 fully saturated rings. The van der Waals surface area contributed by atoms with Crippen LogP contribution in [0.3, 0.4) is 0 Å². The number of benzene rings is 2. The van der Waals surface area contributed by atoms with Crippen LogP contribution in [0.4, 0.5) is 11.4 Å². The van der Waals surface area contributed by atoms with Crippen LogP contribution in [0.1, 0.15) is 12.8 Å². The Morgan fingerprint density at radius 1 is 0.667 bits per heavy atom. The van der Waals surface area contributed by atoms with Crippen molar-refractivity contribution in [1.82, 2.24) is 0 Å². The van der Waals surface area contributed by atoms with Gasteiger partial charge < -0.3 is 4.90 Å². The second kappa shape index (κ2) is 6.76. The number of hydrogen-bond donors (Lipinski definition) is 0. The maximum Gasteiger partial charge on any atom is 0.0458 e. The van der Waals surface area contributed by atoms with Crippen molar-refractivity contribution in [3.8, 4) is 0 Å². The van der Waals surface area contributed by atoms with Gasteiger partial charge in [0.1, 0.15) is 0 Å². The molecule has 0 atom stereocenters. The first-order chi connectivity index (χ1) is 10.4. The molecule has 0 aromatic heterocycles. The second-order valence-corrected chi connectivity index (χ2v) is 5.02. The molecule has 0 N–H and O–H groups in total. The topological polar surface area (TPSA) is 3.24 Å². The highest BCUT2D eigenvalue weighted by Crippen LogP contribution is 2.31. The van der Waals surface area contributed by atoms with E-state index in [1.807, 2.05) is 0 Å². The summed E-state index contributed by atoms with van der Waals surface area (Å²) in [6.45, 7) is 0. The monoisotopic (exact) mass is 273 g/mol. The normalized spacial score (nSPS) is 19.7. The molecule has 1 nitrogen and oxygen atoms in total. The van der Waals surface area contributed by atoms with Crippen LogP contribution in [0.25, 0.3) is 0 Å². The zero-order chi connectivity index (χ0) is 14.3. The zero-order valence-electron chi connectivity index (χ0n) is 12.0. The molecule has 0 saturated carbocycles. The van der Waals surface area contributed by atoms with Crippen molar-refractivity contribution in [1.29, 1.82) is 0 Å². The highest BCUT2D eigenvalue weighted by Gasteiger charge is 2.13. The third-order valence-corrected chi connectivity index (χ3v) is 3.53. The van der Waals surface area contributed by atoms with Gasteiger partial charge in [0.15, 0.2) is 0 Å². The Morgan fingerprint density at radius 2 is 1.29 bits per heavy atom. The lowest BCUT2D eigenvalue weighted by atomic mass is 10.1. The maximum atomic E-state index is 2.34. The van der Waals surface area contributed by atoms with E-state index in [-0.39, 0.29) is 0 Å². The summed E-state index contributed by atoms with van der Waals surface area (Å²) >= 11 is 0. The number of rotatable bonds is 3. The fourth-order valence-electron chi connectivity index (χ4n) is 2.54. The maximum absolute atomic E-state index is 2.34. The number of anilines is 2. The molecule has 0 amide bonds. The lowest BCUT2D eigenvalue weighted by Crippen LogP contribution is -2.16. The van der Waals surface area contributed by atoms with Gasteiger partial charge in [-0.2, -0.15) is 0 Å². The summed E-state index contributed by atoms with van der Waals surface area (Å²) in [4.78, 5) is 2.34. The molecule has 0 aliphatic heterocycles. The lowest BCUT2D eigenvalue weighted by Gasteiger charge is -2.28. The average Bonchev–Trinajstić information content (AvgIpc) is 2.52. The van der Waals surface area contributed by atoms with Crippen molar-refractivity contribution >= 4 is 11.4 Å². The van der Waals surface area contributed by atoms with E-state index < -0.39 is 0 Å². The lowest BCUT2D eigenvalue weighted by molar-refractivity contribution is 0.930. The van der Waals surface area contributed by atoms with E-state index >= 15 is 0 Å². The van der Waals surface area contributed by atoms with Gasteiger partial charge in [0.2, 0.25) is 0 Å². The van der Waals surface area contributed by atoms with E-state index in [1.165, 1.54) is 17.1 Å². The molecule has 0 saturated heterocycles. The molecule has 0 radical (unpaired) electrons. The Bertz CT molecular complexity index is 611. The van der Waals surface area contributed by atoms with E-state index in [9.17, 15) is 0 Å². The van der Waals surface area contributed by atoms with Crippen LogP contribution in [-0.2, 0) is 0 Å². The van der Waals surface area contributed by atoms with Crippen LogP contribution >= 0.6 is 0 Å². The van der Waals surface area contributed by atoms with Crippen LogP contribution in [0.15, 0.2) is 96.7 Å². The first-order valence-electron chi connectivity index (χ1n) is 7.38. The van der Waals surface area contributed by atoms with Crippen molar-refractivity contribution in [3.63, 3.8) is 0 Å². The van der Waals surface area contributed by atoms with Crippen molar-refractivity contribution in [2.45, 2.75) is 12.8 Å². The third kappa shape index (κ3) is 3.32. The van der Waals surface area contributed by atoms with Crippen molar-refractivity contribution in [3.05, 3.63) is 96.7 Å². The molecule has 1 aliphatic rings. The molecule has 1 aliphatic carbocycles. The van der Waals surface area contributed by atoms with Gasteiger partial charge in [-0.15, -0.1) is 0 Å². The zero-order valence-corrected chi connectivity index (χ0v) is 12.0. The van der Waals surface area contributed by atoms with E-state index in [4.69, 9.17) is 0 Å². The summed E-state index contributed by atoms with van der Waals surface area (Å²) in [5.74, 6) is 0. The molecule has 0 heterocycles. The molecule has 1 heteroatoms. The molecule has 0 bridgehead atoms. The van der Waals surface area contributed by atoms with Crippen LogP contribution in [0.5, 0.6) is 0 Å². The molecule has 0 spiro atoms. The van der Waals surface area contributed by atoms with Crippen LogP contribution in [0, 0.1) is 0 Å². The molecule has 2 aromatic rings. The van der Waals surface area contributed by atoms with E-state index in [0.29, 0.717) is 0 Å². The van der Waals surface area contributed by atoms with Gasteiger partial charge in [-0.1, -0.05) is 60.7 Å². The summed E-state index contributed by atoms with van der Waals surface area (Å²) in [6.07, 6.45) is 12.8. The van der Waals surface area contributed by atoms with E-state index in [2.05, 4.69) is 95.9 Å².